The van der Waals surface area contributed by atoms with Crippen LogP contribution in [0.15, 0.2) is 24.8 Å². The van der Waals surface area contributed by atoms with Gasteiger partial charge in [-0.05, 0) is 38.3 Å². The number of likely N-dealkylation sites (N-methyl/N-ethyl adjacent to an activating group) is 1. The molecule has 3 aromatic heterocycles. The van der Waals surface area contributed by atoms with Gasteiger partial charge in [0.25, 0.3) is 0 Å². The molecule has 10 heteroatoms. The number of nitrogens with zero attached hydrogens (tertiary/aromatic N) is 7. The van der Waals surface area contributed by atoms with E-state index in [4.69, 9.17) is 9.72 Å². The maximum atomic E-state index is 12.7. The number of fused-ring (bicyclic) bond motifs is 2. The van der Waals surface area contributed by atoms with Crippen LogP contribution in [0.25, 0.3) is 5.65 Å². The van der Waals surface area contributed by atoms with Crippen molar-refractivity contribution in [3.05, 3.63) is 30.4 Å². The number of hydrogen-bond acceptors (Lipinski definition) is 8. The van der Waals surface area contributed by atoms with Crippen molar-refractivity contribution in [2.75, 3.05) is 41.4 Å². The molecule has 1 N–H and O–H groups in total. The number of aryl methyl sites for hydroxylation is 1. The Morgan fingerprint density at radius 3 is 2.90 bits per heavy atom. The third kappa shape index (κ3) is 3.22. The lowest BCUT2D eigenvalue weighted by molar-refractivity contribution is -0.117. The Morgan fingerprint density at radius 1 is 1.27 bits per heavy atom. The monoisotopic (exact) mass is 408 g/mol. The summed E-state index contributed by atoms with van der Waals surface area (Å²) in [5, 5.41) is 7.50. The quantitative estimate of drug-likeness (QED) is 0.699. The van der Waals surface area contributed by atoms with Gasteiger partial charge in [0.2, 0.25) is 11.9 Å². The van der Waals surface area contributed by atoms with E-state index in [1.165, 1.54) is 6.33 Å². The topological polar surface area (TPSA) is 101 Å². The zero-order chi connectivity index (χ0) is 20.7. The first-order chi connectivity index (χ1) is 14.6. The summed E-state index contributed by atoms with van der Waals surface area (Å²) in [5.41, 5.74) is 3.41. The van der Waals surface area contributed by atoms with Crippen LogP contribution in [0.4, 0.5) is 23.1 Å². The second-order valence-electron chi connectivity index (χ2n) is 7.57. The van der Waals surface area contributed by atoms with Crippen molar-refractivity contribution in [3.63, 3.8) is 0 Å². The van der Waals surface area contributed by atoms with Crippen LogP contribution in [0.5, 0.6) is 0 Å². The van der Waals surface area contributed by atoms with E-state index in [0.29, 0.717) is 32.3 Å². The SMILES string of the molecule is CCN1C(=O)CN(C2CCOCC2)c2nc(Nc3cn4ncnc4cc3C)ncc21. The lowest BCUT2D eigenvalue weighted by Gasteiger charge is -2.41. The normalized spacial score (nSPS) is 17.5. The highest BCUT2D eigenvalue weighted by Crippen LogP contribution is 2.35. The van der Waals surface area contributed by atoms with E-state index >= 15 is 0 Å². The molecular weight excluding hydrogens is 384 g/mol. The Balaban J connectivity index is 1.51. The van der Waals surface area contributed by atoms with Gasteiger partial charge in [-0.3, -0.25) is 4.79 Å². The first-order valence-corrected chi connectivity index (χ1v) is 10.2. The van der Waals surface area contributed by atoms with Crippen LogP contribution in [0.2, 0.25) is 0 Å². The third-order valence-corrected chi connectivity index (χ3v) is 5.74. The number of anilines is 4. The molecule has 2 aliphatic heterocycles. The minimum Gasteiger partial charge on any atom is -0.381 e. The number of hydrogen-bond donors (Lipinski definition) is 1. The summed E-state index contributed by atoms with van der Waals surface area (Å²) in [6.45, 7) is 6.29. The predicted molar refractivity (Wildman–Crippen MR) is 112 cm³/mol. The van der Waals surface area contributed by atoms with E-state index in [2.05, 4.69) is 25.3 Å². The average Bonchev–Trinajstić information content (AvgIpc) is 3.21. The largest absolute Gasteiger partial charge is 0.381 e. The first kappa shape index (κ1) is 18.7. The fraction of sp³-hybridized carbons (Fsp3) is 0.450. The van der Waals surface area contributed by atoms with Crippen LogP contribution < -0.4 is 15.1 Å². The van der Waals surface area contributed by atoms with Gasteiger partial charge in [0, 0.05) is 25.8 Å². The van der Waals surface area contributed by atoms with Gasteiger partial charge in [0.1, 0.15) is 12.0 Å². The highest BCUT2D eigenvalue weighted by atomic mass is 16.5. The summed E-state index contributed by atoms with van der Waals surface area (Å²) in [5.74, 6) is 1.35. The van der Waals surface area contributed by atoms with Gasteiger partial charge in [-0.15, -0.1) is 0 Å². The zero-order valence-corrected chi connectivity index (χ0v) is 17.1. The highest BCUT2D eigenvalue weighted by molar-refractivity contribution is 6.02. The highest BCUT2D eigenvalue weighted by Gasteiger charge is 2.35. The van der Waals surface area contributed by atoms with E-state index in [1.54, 1.807) is 15.6 Å². The molecule has 1 amide bonds. The Bertz CT molecular complexity index is 1090. The molecule has 30 heavy (non-hydrogen) atoms. The van der Waals surface area contributed by atoms with Crippen LogP contribution in [-0.2, 0) is 9.53 Å². The lowest BCUT2D eigenvalue weighted by Crippen LogP contribution is -2.51. The average molecular weight is 408 g/mol. The predicted octanol–water partition coefficient (Wildman–Crippen LogP) is 1.92. The fourth-order valence-electron chi connectivity index (χ4n) is 4.12. The Kier molecular flexibility index (Phi) is 4.70. The molecule has 0 bridgehead atoms. The molecule has 0 saturated carbocycles. The molecule has 1 saturated heterocycles. The van der Waals surface area contributed by atoms with Crippen LogP contribution in [0.1, 0.15) is 25.3 Å². The number of nitrogens with one attached hydrogen (secondary N) is 1. The number of carbonyl (C=O) groups is 1. The summed E-state index contributed by atoms with van der Waals surface area (Å²) in [4.78, 5) is 30.1. The minimum absolute atomic E-state index is 0.0771. The van der Waals surface area contributed by atoms with Gasteiger partial charge in [-0.25, -0.2) is 14.5 Å². The standard InChI is InChI=1S/C20H24N8O2/c1-3-26-16-9-21-20(24-15-10-28-17(8-13(15)2)22-12-23-28)25-19(16)27(11-18(26)29)14-4-6-30-7-5-14/h8-10,12,14H,3-7,11H2,1-2H3,(H,21,24,25). The Hall–Kier alpha value is -3.27. The molecule has 1 fully saturated rings. The summed E-state index contributed by atoms with van der Waals surface area (Å²) in [7, 11) is 0. The number of aromatic nitrogens is 5. The number of rotatable bonds is 4. The Labute approximate surface area is 173 Å². The molecule has 5 heterocycles. The zero-order valence-electron chi connectivity index (χ0n) is 17.1. The Morgan fingerprint density at radius 2 is 2.10 bits per heavy atom. The number of pyridine rings is 1. The maximum absolute atomic E-state index is 12.7. The van der Waals surface area contributed by atoms with E-state index in [0.717, 1.165) is 41.2 Å². The molecule has 5 rings (SSSR count). The first-order valence-electron chi connectivity index (χ1n) is 10.2. The van der Waals surface area contributed by atoms with Gasteiger partial charge >= 0.3 is 0 Å². The van der Waals surface area contributed by atoms with Crippen molar-refractivity contribution in [1.29, 1.82) is 0 Å². The lowest BCUT2D eigenvalue weighted by atomic mass is 10.1. The van der Waals surface area contributed by atoms with Crippen molar-refractivity contribution < 1.29 is 9.53 Å². The molecule has 3 aromatic rings. The van der Waals surface area contributed by atoms with Gasteiger partial charge in [-0.1, -0.05) is 0 Å². The van der Waals surface area contributed by atoms with Crippen molar-refractivity contribution in [3.8, 4) is 0 Å². The summed E-state index contributed by atoms with van der Waals surface area (Å²) < 4.78 is 7.22. The van der Waals surface area contributed by atoms with Crippen LogP contribution in [0.3, 0.4) is 0 Å². The summed E-state index contributed by atoms with van der Waals surface area (Å²) >= 11 is 0. The molecule has 0 radical (unpaired) electrons. The van der Waals surface area contributed by atoms with Crippen molar-refractivity contribution in [2.24, 2.45) is 0 Å². The fourth-order valence-corrected chi connectivity index (χ4v) is 4.12. The molecule has 0 aliphatic carbocycles. The molecule has 0 atom stereocenters. The maximum Gasteiger partial charge on any atom is 0.246 e. The molecule has 0 unspecified atom stereocenters. The van der Waals surface area contributed by atoms with Crippen molar-refractivity contribution >= 4 is 34.7 Å². The second kappa shape index (κ2) is 7.52. The summed E-state index contributed by atoms with van der Waals surface area (Å²) in [6.07, 6.45) is 6.90. The van der Waals surface area contributed by atoms with Gasteiger partial charge in [-0.2, -0.15) is 10.1 Å². The molecule has 0 spiro atoms. The van der Waals surface area contributed by atoms with Gasteiger partial charge in [0.05, 0.1) is 24.6 Å². The van der Waals surface area contributed by atoms with Gasteiger partial charge in [0.15, 0.2) is 11.5 Å². The van der Waals surface area contributed by atoms with Crippen LogP contribution in [0, 0.1) is 6.92 Å². The smallest absolute Gasteiger partial charge is 0.246 e. The van der Waals surface area contributed by atoms with Crippen LogP contribution >= 0.6 is 0 Å². The van der Waals surface area contributed by atoms with E-state index in [9.17, 15) is 4.79 Å². The molecule has 2 aliphatic rings. The van der Waals surface area contributed by atoms with Crippen molar-refractivity contribution in [1.82, 2.24) is 24.6 Å². The van der Waals surface area contributed by atoms with E-state index in [1.807, 2.05) is 26.1 Å². The second-order valence-corrected chi connectivity index (χ2v) is 7.57. The van der Waals surface area contributed by atoms with Crippen molar-refractivity contribution in [2.45, 2.75) is 32.7 Å². The minimum atomic E-state index is 0.0771. The van der Waals surface area contributed by atoms with E-state index < -0.39 is 0 Å². The third-order valence-electron chi connectivity index (χ3n) is 5.74. The number of ether oxygens (including phenoxy) is 1. The molecule has 10 nitrogen and oxygen atoms in total. The molecule has 156 valence electrons. The summed E-state index contributed by atoms with van der Waals surface area (Å²) in [6, 6.07) is 2.19. The number of carbonyl (C=O) groups excluding carboxylic acids is 1. The molecule has 0 aromatic carbocycles. The van der Waals surface area contributed by atoms with Crippen LogP contribution in [-0.4, -0.2) is 62.8 Å². The molecular formula is C20H24N8O2. The number of amides is 1. The van der Waals surface area contributed by atoms with Gasteiger partial charge < -0.3 is 19.9 Å². The van der Waals surface area contributed by atoms with E-state index in [-0.39, 0.29) is 11.9 Å².